The van der Waals surface area contributed by atoms with Gasteiger partial charge in [-0.1, -0.05) is 12.1 Å². The summed E-state index contributed by atoms with van der Waals surface area (Å²) in [7, 11) is -5.97. The topological polar surface area (TPSA) is 52.4 Å². The lowest BCUT2D eigenvalue weighted by molar-refractivity contribution is -0.385. The van der Waals surface area contributed by atoms with Gasteiger partial charge in [0.1, 0.15) is 52.4 Å². The molecule has 0 spiro atoms. The molecule has 0 bridgehead atoms. The lowest BCUT2D eigenvalue weighted by atomic mass is 10.2. The van der Waals surface area contributed by atoms with Crippen molar-refractivity contribution < 1.29 is 48.9 Å². The Labute approximate surface area is 214 Å². The summed E-state index contributed by atoms with van der Waals surface area (Å²) >= 11 is 0. The first-order valence-electron chi connectivity index (χ1n) is 10.7. The third-order valence-corrected chi connectivity index (χ3v) is 9.83. The van der Waals surface area contributed by atoms with Gasteiger partial charge < -0.3 is 4.43 Å². The minimum atomic E-state index is -5.97. The number of hydrogen-bond acceptors (Lipinski definition) is 3. The van der Waals surface area contributed by atoms with Gasteiger partial charge in [-0.3, -0.25) is 10.1 Å². The molecular formula is C25H12F9NO3Si. The SMILES string of the molecule is O=[N+]([O-])c1ccccc1CO[Si](c1c(F)cc(F)cc1F)(c1c(F)cc(F)cc1F)c1c(F)cc(F)cc1F. The molecule has 4 aromatic rings. The first-order valence-corrected chi connectivity index (χ1v) is 12.6. The smallest absolute Gasteiger partial charge is 0.306 e. The highest BCUT2D eigenvalue weighted by Gasteiger charge is 2.54. The second kappa shape index (κ2) is 10.5. The molecule has 0 aliphatic carbocycles. The minimum Gasteiger partial charge on any atom is -0.399 e. The Kier molecular flexibility index (Phi) is 7.52. The lowest BCUT2D eigenvalue weighted by Gasteiger charge is -2.34. The van der Waals surface area contributed by atoms with Crippen LogP contribution in [0, 0.1) is 62.5 Å². The van der Waals surface area contributed by atoms with E-state index in [4.69, 9.17) is 4.43 Å². The molecule has 0 amide bonds. The number of benzene rings is 4. The van der Waals surface area contributed by atoms with Crippen LogP contribution in [0.5, 0.6) is 0 Å². The van der Waals surface area contributed by atoms with E-state index in [-0.39, 0.29) is 42.0 Å². The standard InChI is InChI=1S/C25H12F9NO3Si/c26-13-5-16(29)23(17(30)6-13)39(24-18(31)7-14(27)8-19(24)32,25-20(33)9-15(28)10-21(25)34)38-11-12-3-1-2-4-22(12)35(36)37/h1-10H,11H2. The molecule has 0 saturated carbocycles. The van der Waals surface area contributed by atoms with E-state index in [9.17, 15) is 23.3 Å². The molecule has 0 radical (unpaired) electrons. The van der Waals surface area contributed by atoms with Crippen molar-refractivity contribution in [3.05, 3.63) is 129 Å². The maximum absolute atomic E-state index is 15.3. The molecule has 39 heavy (non-hydrogen) atoms. The van der Waals surface area contributed by atoms with Gasteiger partial charge in [-0.15, -0.1) is 0 Å². The van der Waals surface area contributed by atoms with E-state index >= 15 is 26.3 Å². The second-order valence-corrected chi connectivity index (χ2v) is 11.2. The molecule has 0 aliphatic rings. The summed E-state index contributed by atoms with van der Waals surface area (Å²) in [6.07, 6.45) is 0. The highest BCUT2D eigenvalue weighted by Crippen LogP contribution is 2.25. The van der Waals surface area contributed by atoms with E-state index in [0.717, 1.165) is 12.1 Å². The van der Waals surface area contributed by atoms with Crippen molar-refractivity contribution in [2.75, 3.05) is 0 Å². The fraction of sp³-hybridized carbons (Fsp3) is 0.0400. The molecule has 0 atom stereocenters. The number of nitro groups is 1. The molecular weight excluding hydrogens is 561 g/mol. The van der Waals surface area contributed by atoms with Crippen LogP contribution in [0.15, 0.2) is 60.7 Å². The van der Waals surface area contributed by atoms with Crippen molar-refractivity contribution in [2.24, 2.45) is 0 Å². The first kappa shape index (κ1) is 27.9. The Morgan fingerprint density at radius 3 is 1.28 bits per heavy atom. The quantitative estimate of drug-likeness (QED) is 0.103. The van der Waals surface area contributed by atoms with Crippen LogP contribution >= 0.6 is 0 Å². The van der Waals surface area contributed by atoms with Crippen LogP contribution in [0.1, 0.15) is 5.56 Å². The van der Waals surface area contributed by atoms with E-state index in [1.807, 2.05) is 0 Å². The molecule has 0 unspecified atom stereocenters. The fourth-order valence-corrected chi connectivity index (χ4v) is 8.23. The number of nitro benzene ring substituents is 1. The molecule has 4 nitrogen and oxygen atoms in total. The van der Waals surface area contributed by atoms with Crippen molar-refractivity contribution >= 4 is 29.6 Å². The van der Waals surface area contributed by atoms with Crippen molar-refractivity contribution in [3.63, 3.8) is 0 Å². The lowest BCUT2D eigenvalue weighted by Crippen LogP contribution is -2.74. The Morgan fingerprint density at radius 1 is 0.615 bits per heavy atom. The van der Waals surface area contributed by atoms with Crippen LogP contribution in [-0.2, 0) is 11.0 Å². The van der Waals surface area contributed by atoms with Crippen molar-refractivity contribution in [2.45, 2.75) is 6.61 Å². The van der Waals surface area contributed by atoms with E-state index in [2.05, 4.69) is 0 Å². The maximum Gasteiger partial charge on any atom is 0.306 e. The molecule has 0 heterocycles. The van der Waals surface area contributed by atoms with Gasteiger partial charge in [0.2, 0.25) is 0 Å². The van der Waals surface area contributed by atoms with Crippen LogP contribution in [0.2, 0.25) is 0 Å². The van der Waals surface area contributed by atoms with E-state index in [1.54, 1.807) is 0 Å². The third-order valence-electron chi connectivity index (χ3n) is 5.71. The Hall–Kier alpha value is -4.17. The zero-order chi connectivity index (χ0) is 28.6. The molecule has 0 N–H and O–H groups in total. The summed E-state index contributed by atoms with van der Waals surface area (Å²) in [5.41, 5.74) is -1.02. The Morgan fingerprint density at radius 2 is 0.949 bits per heavy atom. The number of halogens is 9. The molecule has 4 aromatic carbocycles. The average Bonchev–Trinajstić information content (AvgIpc) is 2.80. The van der Waals surface area contributed by atoms with Gasteiger partial charge in [0.05, 0.1) is 17.1 Å². The van der Waals surface area contributed by atoms with Gasteiger partial charge in [0.25, 0.3) is 5.69 Å². The molecule has 4 rings (SSSR count). The van der Waals surface area contributed by atoms with Crippen molar-refractivity contribution in [1.82, 2.24) is 0 Å². The largest absolute Gasteiger partial charge is 0.399 e. The minimum absolute atomic E-state index is 0.0349. The monoisotopic (exact) mass is 573 g/mol. The van der Waals surface area contributed by atoms with Crippen molar-refractivity contribution in [1.29, 1.82) is 0 Å². The molecule has 0 saturated heterocycles. The summed E-state index contributed by atoms with van der Waals surface area (Å²) < 4.78 is 139. The van der Waals surface area contributed by atoms with Gasteiger partial charge >= 0.3 is 8.32 Å². The third kappa shape index (κ3) is 4.99. The maximum atomic E-state index is 15.3. The van der Waals surface area contributed by atoms with E-state index in [0.29, 0.717) is 0 Å². The Bertz CT molecular complexity index is 1410. The number of nitrogens with zero attached hydrogens (tertiary/aromatic N) is 1. The summed E-state index contributed by atoms with van der Waals surface area (Å²) in [5, 5.41) is 6.83. The van der Waals surface area contributed by atoms with E-state index < -0.39 is 93.5 Å². The van der Waals surface area contributed by atoms with Crippen LogP contribution in [-0.4, -0.2) is 13.2 Å². The van der Waals surface area contributed by atoms with Gasteiger partial charge in [0.15, 0.2) is 0 Å². The molecule has 0 aliphatic heterocycles. The molecule has 0 aromatic heterocycles. The average molecular weight is 573 g/mol. The molecule has 202 valence electrons. The molecule has 14 heteroatoms. The van der Waals surface area contributed by atoms with E-state index in [1.165, 1.54) is 12.1 Å². The summed E-state index contributed by atoms with van der Waals surface area (Å²) in [6.45, 7) is -1.13. The fourth-order valence-electron chi connectivity index (χ4n) is 4.22. The zero-order valence-corrected chi connectivity index (χ0v) is 20.1. The van der Waals surface area contributed by atoms with Gasteiger partial charge in [0, 0.05) is 58.0 Å². The highest BCUT2D eigenvalue weighted by molar-refractivity contribution is 7.07. The Balaban J connectivity index is 2.19. The number of para-hydroxylation sites is 1. The summed E-state index contributed by atoms with van der Waals surface area (Å²) in [4.78, 5) is 10.6. The number of rotatable bonds is 7. The molecule has 0 fully saturated rings. The first-order chi connectivity index (χ1) is 18.4. The van der Waals surface area contributed by atoms with Crippen LogP contribution < -0.4 is 15.6 Å². The summed E-state index contributed by atoms with van der Waals surface area (Å²) in [5.74, 6) is -16.1. The van der Waals surface area contributed by atoms with Crippen LogP contribution in [0.3, 0.4) is 0 Å². The summed E-state index contributed by atoms with van der Waals surface area (Å²) in [6, 6.07) is 4.74. The second-order valence-electron chi connectivity index (χ2n) is 8.09. The van der Waals surface area contributed by atoms with Crippen LogP contribution in [0.25, 0.3) is 0 Å². The predicted octanol–water partition coefficient (Wildman–Crippen LogP) is 5.03. The zero-order valence-electron chi connectivity index (χ0n) is 19.1. The normalized spacial score (nSPS) is 11.6. The van der Waals surface area contributed by atoms with Gasteiger partial charge in [-0.05, 0) is 6.07 Å². The van der Waals surface area contributed by atoms with Crippen molar-refractivity contribution in [3.8, 4) is 0 Å². The van der Waals surface area contributed by atoms with Gasteiger partial charge in [-0.25, -0.2) is 39.5 Å². The number of hydrogen-bond donors (Lipinski definition) is 0. The highest BCUT2D eigenvalue weighted by atomic mass is 28.4. The van der Waals surface area contributed by atoms with Gasteiger partial charge in [-0.2, -0.15) is 0 Å². The van der Waals surface area contributed by atoms with Crippen LogP contribution in [0.4, 0.5) is 45.2 Å². The predicted molar refractivity (Wildman–Crippen MR) is 121 cm³/mol.